The van der Waals surface area contributed by atoms with Crippen molar-refractivity contribution in [3.63, 3.8) is 0 Å². The van der Waals surface area contributed by atoms with E-state index in [1.807, 2.05) is 49.4 Å². The molecule has 0 radical (unpaired) electrons. The Bertz CT molecular complexity index is 1270. The zero-order chi connectivity index (χ0) is 21.3. The van der Waals surface area contributed by atoms with Crippen molar-refractivity contribution in [3.05, 3.63) is 81.8 Å². The van der Waals surface area contributed by atoms with E-state index in [-0.39, 0.29) is 15.7 Å². The van der Waals surface area contributed by atoms with Gasteiger partial charge in [0.15, 0.2) is 5.11 Å². The number of aromatic nitrogens is 3. The SMILES string of the molecule is Cc1cc2nn(-c3ccccc3)nc2cc1NC(=S)NC(=O)c1ccc(Cl)cc1Cl. The number of para-hydroxylation sites is 1. The summed E-state index contributed by atoms with van der Waals surface area (Å²) in [4.78, 5) is 14.0. The average Bonchev–Trinajstić information content (AvgIpc) is 3.11. The van der Waals surface area contributed by atoms with Crippen LogP contribution < -0.4 is 10.6 Å². The van der Waals surface area contributed by atoms with Crippen molar-refractivity contribution >= 4 is 63.2 Å². The lowest BCUT2D eigenvalue weighted by Gasteiger charge is -2.12. The van der Waals surface area contributed by atoms with E-state index in [2.05, 4.69) is 20.8 Å². The van der Waals surface area contributed by atoms with Crippen molar-refractivity contribution in [2.24, 2.45) is 0 Å². The number of carbonyl (C=O) groups is 1. The highest BCUT2D eigenvalue weighted by Gasteiger charge is 2.14. The molecule has 4 aromatic rings. The maximum atomic E-state index is 12.4. The Hall–Kier alpha value is -3.00. The molecule has 0 aliphatic carbocycles. The Morgan fingerprint density at radius 3 is 2.40 bits per heavy atom. The van der Waals surface area contributed by atoms with Crippen LogP contribution in [0.15, 0.2) is 60.7 Å². The van der Waals surface area contributed by atoms with E-state index in [0.717, 1.165) is 22.5 Å². The van der Waals surface area contributed by atoms with Crippen LogP contribution in [0.2, 0.25) is 10.0 Å². The smallest absolute Gasteiger partial charge is 0.258 e. The Morgan fingerprint density at radius 1 is 1.00 bits per heavy atom. The lowest BCUT2D eigenvalue weighted by atomic mass is 10.2. The largest absolute Gasteiger partial charge is 0.332 e. The summed E-state index contributed by atoms with van der Waals surface area (Å²) in [6.45, 7) is 1.92. The molecule has 0 aliphatic heterocycles. The minimum absolute atomic E-state index is 0.143. The van der Waals surface area contributed by atoms with Crippen molar-refractivity contribution < 1.29 is 4.79 Å². The standard InChI is InChI=1S/C21H15Cl2N5OS/c1-12-9-18-19(27-28(26-18)14-5-3-2-4-6-14)11-17(12)24-21(30)25-20(29)15-8-7-13(22)10-16(15)23/h2-11H,1H3,(H2,24,25,29,30). The van der Waals surface area contributed by atoms with Gasteiger partial charge in [-0.2, -0.15) is 4.80 Å². The van der Waals surface area contributed by atoms with Crippen LogP contribution in [0.4, 0.5) is 5.69 Å². The van der Waals surface area contributed by atoms with Gasteiger partial charge in [0.25, 0.3) is 5.91 Å². The number of thiocarbonyl (C=S) groups is 1. The summed E-state index contributed by atoms with van der Waals surface area (Å²) < 4.78 is 0. The first-order chi connectivity index (χ1) is 14.4. The van der Waals surface area contributed by atoms with E-state index in [4.69, 9.17) is 35.4 Å². The number of hydrogen-bond acceptors (Lipinski definition) is 4. The van der Waals surface area contributed by atoms with Gasteiger partial charge >= 0.3 is 0 Å². The predicted octanol–water partition coefficient (Wildman–Crippen LogP) is 5.16. The zero-order valence-corrected chi connectivity index (χ0v) is 18.0. The highest BCUT2D eigenvalue weighted by atomic mass is 35.5. The summed E-state index contributed by atoms with van der Waals surface area (Å²) in [5.74, 6) is -0.428. The molecular formula is C21H15Cl2N5OS. The minimum atomic E-state index is -0.428. The fraction of sp³-hybridized carbons (Fsp3) is 0.0476. The van der Waals surface area contributed by atoms with Crippen LogP contribution >= 0.6 is 35.4 Å². The third kappa shape index (κ3) is 4.28. The van der Waals surface area contributed by atoms with Gasteiger partial charge in [0.1, 0.15) is 11.0 Å². The number of benzene rings is 3. The zero-order valence-electron chi connectivity index (χ0n) is 15.7. The molecule has 30 heavy (non-hydrogen) atoms. The number of nitrogens with one attached hydrogen (secondary N) is 2. The van der Waals surface area contributed by atoms with Crippen molar-refractivity contribution in [1.82, 2.24) is 20.3 Å². The highest BCUT2D eigenvalue weighted by Crippen LogP contribution is 2.23. The van der Waals surface area contributed by atoms with E-state index < -0.39 is 5.91 Å². The quantitative estimate of drug-likeness (QED) is 0.417. The van der Waals surface area contributed by atoms with E-state index in [0.29, 0.717) is 10.5 Å². The minimum Gasteiger partial charge on any atom is -0.332 e. The highest BCUT2D eigenvalue weighted by molar-refractivity contribution is 7.80. The van der Waals surface area contributed by atoms with Gasteiger partial charge in [-0.1, -0.05) is 41.4 Å². The number of fused-ring (bicyclic) bond motifs is 1. The number of hydrogen-bond donors (Lipinski definition) is 2. The molecule has 0 bridgehead atoms. The van der Waals surface area contributed by atoms with Crippen LogP contribution in [0, 0.1) is 6.92 Å². The van der Waals surface area contributed by atoms with Crippen molar-refractivity contribution in [2.45, 2.75) is 6.92 Å². The third-order valence-corrected chi connectivity index (χ3v) is 5.12. The van der Waals surface area contributed by atoms with E-state index in [1.165, 1.54) is 6.07 Å². The predicted molar refractivity (Wildman–Crippen MR) is 124 cm³/mol. The third-order valence-electron chi connectivity index (χ3n) is 4.36. The molecule has 0 saturated carbocycles. The average molecular weight is 456 g/mol. The number of rotatable bonds is 3. The van der Waals surface area contributed by atoms with Gasteiger partial charge in [-0.05, 0) is 67.2 Å². The van der Waals surface area contributed by atoms with Gasteiger partial charge in [0.2, 0.25) is 0 Å². The van der Waals surface area contributed by atoms with Gasteiger partial charge in [0, 0.05) is 10.7 Å². The first-order valence-electron chi connectivity index (χ1n) is 8.91. The van der Waals surface area contributed by atoms with E-state index in [1.54, 1.807) is 16.9 Å². The molecule has 1 aromatic heterocycles. The molecule has 9 heteroatoms. The molecule has 0 unspecified atom stereocenters. The van der Waals surface area contributed by atoms with Gasteiger partial charge in [0.05, 0.1) is 16.3 Å². The maximum absolute atomic E-state index is 12.4. The molecule has 4 rings (SSSR count). The Morgan fingerprint density at radius 2 is 1.70 bits per heavy atom. The van der Waals surface area contributed by atoms with Gasteiger partial charge in [-0.25, -0.2) is 0 Å². The molecule has 0 saturated heterocycles. The first-order valence-corrected chi connectivity index (χ1v) is 10.1. The fourth-order valence-electron chi connectivity index (χ4n) is 2.88. The second-order valence-corrected chi connectivity index (χ2v) is 7.77. The van der Waals surface area contributed by atoms with Crippen molar-refractivity contribution in [3.8, 4) is 5.69 Å². The normalized spacial score (nSPS) is 10.8. The summed E-state index contributed by atoms with van der Waals surface area (Å²) in [5.41, 5.74) is 4.22. The molecule has 1 amide bonds. The summed E-state index contributed by atoms with van der Waals surface area (Å²) >= 11 is 17.3. The van der Waals surface area contributed by atoms with Gasteiger partial charge < -0.3 is 5.32 Å². The Balaban J connectivity index is 1.53. The topological polar surface area (TPSA) is 71.8 Å². The Labute approximate surface area is 187 Å². The summed E-state index contributed by atoms with van der Waals surface area (Å²) in [6, 6.07) is 18.0. The molecular weight excluding hydrogens is 441 g/mol. The monoisotopic (exact) mass is 455 g/mol. The van der Waals surface area contributed by atoms with Gasteiger partial charge in [-0.15, -0.1) is 10.2 Å². The lowest BCUT2D eigenvalue weighted by molar-refractivity contribution is 0.0978. The molecule has 150 valence electrons. The number of carbonyl (C=O) groups excluding carboxylic acids is 1. The van der Waals surface area contributed by atoms with E-state index >= 15 is 0 Å². The second kappa shape index (κ2) is 8.39. The number of halogens is 2. The molecule has 6 nitrogen and oxygen atoms in total. The molecule has 2 N–H and O–H groups in total. The van der Waals surface area contributed by atoms with Crippen LogP contribution in [0.3, 0.4) is 0 Å². The maximum Gasteiger partial charge on any atom is 0.258 e. The van der Waals surface area contributed by atoms with Crippen molar-refractivity contribution in [1.29, 1.82) is 0 Å². The molecule has 0 aliphatic rings. The molecule has 0 fully saturated rings. The number of nitrogens with zero attached hydrogens (tertiary/aromatic N) is 3. The summed E-state index contributed by atoms with van der Waals surface area (Å²) in [7, 11) is 0. The molecule has 0 spiro atoms. The van der Waals surface area contributed by atoms with E-state index in [9.17, 15) is 4.79 Å². The van der Waals surface area contributed by atoms with Crippen LogP contribution in [0.25, 0.3) is 16.7 Å². The first kappa shape index (κ1) is 20.3. The van der Waals surface area contributed by atoms with Crippen LogP contribution in [-0.2, 0) is 0 Å². The van der Waals surface area contributed by atoms with Crippen LogP contribution in [-0.4, -0.2) is 26.0 Å². The second-order valence-electron chi connectivity index (χ2n) is 6.51. The fourth-order valence-corrected chi connectivity index (χ4v) is 3.57. The lowest BCUT2D eigenvalue weighted by Crippen LogP contribution is -2.34. The summed E-state index contributed by atoms with van der Waals surface area (Å²) in [5, 5.41) is 15.5. The van der Waals surface area contributed by atoms with Crippen molar-refractivity contribution in [2.75, 3.05) is 5.32 Å². The molecule has 0 atom stereocenters. The van der Waals surface area contributed by atoms with Gasteiger partial charge in [-0.3, -0.25) is 10.1 Å². The Kier molecular flexibility index (Phi) is 5.67. The number of anilines is 1. The number of aryl methyl sites for hydroxylation is 1. The molecule has 1 heterocycles. The molecule has 3 aromatic carbocycles. The summed E-state index contributed by atoms with van der Waals surface area (Å²) in [6.07, 6.45) is 0. The van der Waals surface area contributed by atoms with Crippen LogP contribution in [0.5, 0.6) is 0 Å². The number of amides is 1. The van der Waals surface area contributed by atoms with Crippen LogP contribution in [0.1, 0.15) is 15.9 Å².